The number of carbonyl (C=O) groups excluding carboxylic acids is 6. The van der Waals surface area contributed by atoms with Gasteiger partial charge in [0.1, 0.15) is 18.1 Å². The van der Waals surface area contributed by atoms with E-state index >= 15 is 0 Å². The smallest absolute Gasteiger partial charge is 0.325 e. The number of hydrogen-bond acceptors (Lipinski definition) is 9. The molecule has 10 N–H and O–H groups in total. The van der Waals surface area contributed by atoms with Crippen LogP contribution >= 0.6 is 0 Å². The van der Waals surface area contributed by atoms with E-state index in [0.717, 1.165) is 5.56 Å². The average molecular weight is 656 g/mol. The Labute approximate surface area is 271 Å². The Hall–Kier alpha value is -5.35. The molecule has 0 aliphatic heterocycles. The lowest BCUT2D eigenvalue weighted by molar-refractivity contribution is -0.141. The number of nitrogens with two attached hydrogens (primary N) is 1. The Morgan fingerprint density at radius 2 is 1.13 bits per heavy atom. The third-order valence-electron chi connectivity index (χ3n) is 6.67. The number of rotatable bonds is 18. The molecule has 0 bridgehead atoms. The van der Waals surface area contributed by atoms with Crippen LogP contribution < -0.4 is 37.6 Å². The Morgan fingerprint density at radius 3 is 1.68 bits per heavy atom. The maximum absolute atomic E-state index is 13.3. The molecule has 16 nitrogen and oxygen atoms in total. The third-order valence-corrected chi connectivity index (χ3v) is 6.67. The molecular weight excluding hydrogens is 614 g/mol. The minimum Gasteiger partial charge on any atom is -0.480 e. The topological polar surface area (TPSA) is 258 Å². The minimum atomic E-state index is -1.54. The fourth-order valence-corrected chi connectivity index (χ4v) is 4.10. The van der Waals surface area contributed by atoms with Crippen LogP contribution in [0, 0.1) is 0 Å². The van der Waals surface area contributed by atoms with Gasteiger partial charge in [0.15, 0.2) is 0 Å². The minimum absolute atomic E-state index is 0.0225. The summed E-state index contributed by atoms with van der Waals surface area (Å²) in [7, 11) is 0. The molecule has 0 unspecified atom stereocenters. The van der Waals surface area contributed by atoms with Crippen LogP contribution in [0.25, 0.3) is 0 Å². The molecule has 47 heavy (non-hydrogen) atoms. The zero-order valence-corrected chi connectivity index (χ0v) is 26.0. The molecule has 5 atom stereocenters. The lowest BCUT2D eigenvalue weighted by Gasteiger charge is -2.25. The largest absolute Gasteiger partial charge is 0.480 e. The first-order valence-electron chi connectivity index (χ1n) is 14.7. The number of carbonyl (C=O) groups is 7. The van der Waals surface area contributed by atoms with Gasteiger partial charge < -0.3 is 47.8 Å². The van der Waals surface area contributed by atoms with Gasteiger partial charge in [0.25, 0.3) is 0 Å². The van der Waals surface area contributed by atoms with Crippen molar-refractivity contribution in [3.63, 3.8) is 0 Å². The molecule has 16 heteroatoms. The molecular formula is C31H41N7O9. The van der Waals surface area contributed by atoms with Crippen LogP contribution in [-0.4, -0.2) is 102 Å². The van der Waals surface area contributed by atoms with Crippen LogP contribution in [0.15, 0.2) is 60.7 Å². The number of hydrogen-bond donors (Lipinski definition) is 9. The molecule has 2 aromatic rings. The van der Waals surface area contributed by atoms with Crippen molar-refractivity contribution in [3.8, 4) is 0 Å². The first-order chi connectivity index (χ1) is 22.3. The first-order valence-corrected chi connectivity index (χ1v) is 14.7. The Bertz CT molecular complexity index is 1390. The summed E-state index contributed by atoms with van der Waals surface area (Å²) < 4.78 is 0. The van der Waals surface area contributed by atoms with Crippen molar-refractivity contribution in [2.45, 2.75) is 57.0 Å². The number of aliphatic hydroxyl groups is 1. The molecule has 0 aliphatic rings. The fourth-order valence-electron chi connectivity index (χ4n) is 4.10. The highest BCUT2D eigenvalue weighted by Crippen LogP contribution is 2.05. The normalized spacial score (nSPS) is 13.8. The van der Waals surface area contributed by atoms with Gasteiger partial charge in [-0.05, 0) is 31.4 Å². The molecule has 254 valence electrons. The van der Waals surface area contributed by atoms with Gasteiger partial charge in [-0.3, -0.25) is 33.6 Å². The van der Waals surface area contributed by atoms with Crippen molar-refractivity contribution < 1.29 is 43.8 Å². The molecule has 0 aromatic heterocycles. The monoisotopic (exact) mass is 655 g/mol. The number of carboxylic acids is 1. The molecule has 0 aliphatic carbocycles. The van der Waals surface area contributed by atoms with E-state index in [4.69, 9.17) is 10.8 Å². The summed E-state index contributed by atoms with van der Waals surface area (Å²) in [5, 5.41) is 33.1. The molecule has 6 amide bonds. The quantitative estimate of drug-likeness (QED) is 0.0791. The molecule has 0 heterocycles. The highest BCUT2D eigenvalue weighted by molar-refractivity contribution is 5.95. The standard InChI is InChI=1S/C31H41N7O9/c1-18(31(46)47)36-25(41)17-35-30(45)27(19(2)39)38-29(44)23(14-21-11-7-4-8-12-21)37-26(42)16-33-24(40)15-34-28(43)22(32)13-20-9-5-3-6-10-20/h3-12,18-19,22-23,27,39H,13-17,32H2,1-2H3,(H,33,40)(H,34,43)(H,35,45)(H,36,41)(H,37,42)(H,38,44)(H,46,47)/t18-,19+,22-,23+,27-/m0/s1. The highest BCUT2D eigenvalue weighted by Gasteiger charge is 2.30. The van der Waals surface area contributed by atoms with Crippen molar-refractivity contribution in [2.24, 2.45) is 5.73 Å². The molecule has 0 fully saturated rings. The predicted octanol–water partition coefficient (Wildman–Crippen LogP) is -2.91. The van der Waals surface area contributed by atoms with Gasteiger partial charge >= 0.3 is 5.97 Å². The van der Waals surface area contributed by atoms with Gasteiger partial charge in [0.2, 0.25) is 35.4 Å². The number of carboxylic acid groups (broad SMARTS) is 1. The van der Waals surface area contributed by atoms with E-state index < -0.39 is 91.3 Å². The number of benzene rings is 2. The molecule has 0 radical (unpaired) electrons. The van der Waals surface area contributed by atoms with Crippen LogP contribution in [0.4, 0.5) is 0 Å². The predicted molar refractivity (Wildman–Crippen MR) is 168 cm³/mol. The van der Waals surface area contributed by atoms with Crippen LogP contribution in [0.5, 0.6) is 0 Å². The van der Waals surface area contributed by atoms with Crippen molar-refractivity contribution in [1.82, 2.24) is 31.9 Å². The number of aliphatic carboxylic acids is 1. The summed E-state index contributed by atoms with van der Waals surface area (Å²) in [4.78, 5) is 86.1. The lowest BCUT2D eigenvalue weighted by Crippen LogP contribution is -2.59. The summed E-state index contributed by atoms with van der Waals surface area (Å²) in [6.07, 6.45) is -1.19. The summed E-state index contributed by atoms with van der Waals surface area (Å²) >= 11 is 0. The van der Waals surface area contributed by atoms with E-state index in [2.05, 4.69) is 31.9 Å². The zero-order valence-electron chi connectivity index (χ0n) is 26.0. The lowest BCUT2D eigenvalue weighted by atomic mass is 10.0. The van der Waals surface area contributed by atoms with E-state index in [9.17, 15) is 38.7 Å². The average Bonchev–Trinajstić information content (AvgIpc) is 3.04. The molecule has 0 saturated carbocycles. The fraction of sp³-hybridized carbons (Fsp3) is 0.387. The highest BCUT2D eigenvalue weighted by atomic mass is 16.4. The van der Waals surface area contributed by atoms with Gasteiger partial charge in [0, 0.05) is 6.42 Å². The van der Waals surface area contributed by atoms with Crippen LogP contribution in [0.2, 0.25) is 0 Å². The summed E-state index contributed by atoms with van der Waals surface area (Å²) in [6, 6.07) is 12.8. The van der Waals surface area contributed by atoms with E-state index in [0.29, 0.717) is 5.56 Å². The van der Waals surface area contributed by atoms with Crippen molar-refractivity contribution in [3.05, 3.63) is 71.8 Å². The third kappa shape index (κ3) is 14.1. The van der Waals surface area contributed by atoms with Crippen LogP contribution in [-0.2, 0) is 46.4 Å². The maximum Gasteiger partial charge on any atom is 0.325 e. The van der Waals surface area contributed by atoms with Crippen molar-refractivity contribution >= 4 is 41.4 Å². The van der Waals surface area contributed by atoms with Gasteiger partial charge in [-0.25, -0.2) is 0 Å². The van der Waals surface area contributed by atoms with E-state index in [1.54, 1.807) is 30.3 Å². The van der Waals surface area contributed by atoms with Crippen molar-refractivity contribution in [1.29, 1.82) is 0 Å². The van der Waals surface area contributed by atoms with Gasteiger partial charge in [-0.15, -0.1) is 0 Å². The SMILES string of the molecule is C[C@H](NC(=O)CNC(=O)[C@@H](NC(=O)[C@@H](Cc1ccccc1)NC(=O)CNC(=O)CNC(=O)[C@@H](N)Cc1ccccc1)[C@@H](C)O)C(=O)O. The Kier molecular flexibility index (Phi) is 15.5. The zero-order chi connectivity index (χ0) is 34.9. The number of aliphatic hydroxyl groups excluding tert-OH is 1. The number of nitrogens with one attached hydrogen (secondary N) is 6. The Morgan fingerprint density at radius 1 is 0.638 bits per heavy atom. The van der Waals surface area contributed by atoms with Gasteiger partial charge in [-0.1, -0.05) is 60.7 Å². The van der Waals surface area contributed by atoms with E-state index in [1.807, 2.05) is 30.3 Å². The second-order valence-electron chi connectivity index (χ2n) is 10.7. The Balaban J connectivity index is 1.95. The maximum atomic E-state index is 13.3. The molecule has 2 rings (SSSR count). The molecule has 0 saturated heterocycles. The summed E-state index contributed by atoms with van der Waals surface area (Å²) in [5.74, 6) is -5.88. The number of amides is 6. The molecule has 0 spiro atoms. The van der Waals surface area contributed by atoms with Gasteiger partial charge in [-0.2, -0.15) is 0 Å². The van der Waals surface area contributed by atoms with Crippen molar-refractivity contribution in [2.75, 3.05) is 19.6 Å². The van der Waals surface area contributed by atoms with Crippen LogP contribution in [0.3, 0.4) is 0 Å². The summed E-state index contributed by atoms with van der Waals surface area (Å²) in [5.41, 5.74) is 7.40. The first kappa shape index (κ1) is 37.8. The summed E-state index contributed by atoms with van der Waals surface area (Å²) in [6.45, 7) is 0.841. The van der Waals surface area contributed by atoms with E-state index in [-0.39, 0.29) is 12.8 Å². The van der Waals surface area contributed by atoms with Gasteiger partial charge in [0.05, 0.1) is 31.8 Å². The molecule has 2 aromatic carbocycles. The van der Waals surface area contributed by atoms with Crippen LogP contribution in [0.1, 0.15) is 25.0 Å². The van der Waals surface area contributed by atoms with E-state index in [1.165, 1.54) is 13.8 Å². The second-order valence-corrected chi connectivity index (χ2v) is 10.7. The second kappa shape index (κ2) is 19.2.